The van der Waals surface area contributed by atoms with Crippen molar-refractivity contribution in [3.8, 4) is 11.1 Å². The number of amides is 1. The summed E-state index contributed by atoms with van der Waals surface area (Å²) < 4.78 is 4.81. The van der Waals surface area contributed by atoms with Crippen molar-refractivity contribution in [3.05, 3.63) is 59.2 Å². The van der Waals surface area contributed by atoms with Crippen molar-refractivity contribution < 1.29 is 24.2 Å². The Kier molecular flexibility index (Phi) is 6.11. The van der Waals surface area contributed by atoms with Crippen molar-refractivity contribution in [3.63, 3.8) is 0 Å². The van der Waals surface area contributed by atoms with Crippen LogP contribution in [0.3, 0.4) is 0 Å². The van der Waals surface area contributed by atoms with Crippen molar-refractivity contribution >= 4 is 17.8 Å². The number of carboxylic acids is 1. The number of benzene rings is 2. The minimum atomic E-state index is -1.10. The molecule has 136 valence electrons. The molecular weight excluding hydrogens is 334 g/mol. The van der Waals surface area contributed by atoms with Crippen molar-refractivity contribution in [2.24, 2.45) is 5.92 Å². The molecule has 2 rings (SSSR count). The molecule has 0 aliphatic heterocycles. The zero-order valence-corrected chi connectivity index (χ0v) is 14.9. The average Bonchev–Trinajstić information content (AvgIpc) is 2.64. The van der Waals surface area contributed by atoms with Gasteiger partial charge >= 0.3 is 11.9 Å². The van der Waals surface area contributed by atoms with Crippen LogP contribution in [0.15, 0.2) is 42.5 Å². The summed E-state index contributed by atoms with van der Waals surface area (Å²) in [6, 6.07) is 10.9. The predicted octanol–water partition coefficient (Wildman–Crippen LogP) is 3.22. The highest BCUT2D eigenvalue weighted by Gasteiger charge is 2.20. The second-order valence-electron chi connectivity index (χ2n) is 6.21. The van der Waals surface area contributed by atoms with Crippen LogP contribution in [-0.4, -0.2) is 36.6 Å². The molecule has 0 fully saturated rings. The van der Waals surface area contributed by atoms with Crippen LogP contribution in [0.1, 0.15) is 44.9 Å². The molecule has 0 radical (unpaired) electrons. The van der Waals surface area contributed by atoms with Gasteiger partial charge in [0.15, 0.2) is 0 Å². The van der Waals surface area contributed by atoms with E-state index in [1.807, 2.05) is 13.8 Å². The number of nitrogens with one attached hydrogen (secondary N) is 1. The summed E-state index contributed by atoms with van der Waals surface area (Å²) >= 11 is 0. The van der Waals surface area contributed by atoms with Crippen molar-refractivity contribution in [2.75, 3.05) is 13.7 Å². The van der Waals surface area contributed by atoms with E-state index in [9.17, 15) is 19.5 Å². The van der Waals surface area contributed by atoms with Crippen LogP contribution in [0.5, 0.6) is 0 Å². The van der Waals surface area contributed by atoms with Gasteiger partial charge in [0.1, 0.15) is 0 Å². The number of carbonyl (C=O) groups excluding carboxylic acids is 2. The van der Waals surface area contributed by atoms with E-state index in [1.54, 1.807) is 30.3 Å². The lowest BCUT2D eigenvalue weighted by Gasteiger charge is -2.13. The van der Waals surface area contributed by atoms with Gasteiger partial charge in [-0.3, -0.25) is 4.79 Å². The first kappa shape index (κ1) is 19.2. The van der Waals surface area contributed by atoms with Crippen LogP contribution < -0.4 is 5.32 Å². The molecule has 0 heterocycles. The Labute approximate surface area is 151 Å². The first-order valence-corrected chi connectivity index (χ1v) is 8.18. The van der Waals surface area contributed by atoms with Gasteiger partial charge < -0.3 is 15.2 Å². The molecule has 0 aliphatic rings. The highest BCUT2D eigenvalue weighted by atomic mass is 16.5. The van der Waals surface area contributed by atoms with Gasteiger partial charge in [-0.1, -0.05) is 38.1 Å². The largest absolute Gasteiger partial charge is 0.478 e. The molecular formula is C20H21NO5. The molecule has 0 saturated heterocycles. The van der Waals surface area contributed by atoms with E-state index >= 15 is 0 Å². The minimum absolute atomic E-state index is 0.0645. The van der Waals surface area contributed by atoms with Gasteiger partial charge in [-0.05, 0) is 35.2 Å². The number of esters is 1. The molecule has 2 aromatic rings. The topological polar surface area (TPSA) is 92.7 Å². The highest BCUT2D eigenvalue weighted by Crippen LogP contribution is 2.29. The normalized spacial score (nSPS) is 10.5. The van der Waals surface area contributed by atoms with E-state index in [1.165, 1.54) is 19.2 Å². The van der Waals surface area contributed by atoms with E-state index in [0.717, 1.165) is 0 Å². The number of hydrogen-bond donors (Lipinski definition) is 2. The van der Waals surface area contributed by atoms with Gasteiger partial charge in [-0.15, -0.1) is 0 Å². The maximum atomic E-state index is 12.3. The van der Waals surface area contributed by atoms with Gasteiger partial charge in [0.25, 0.3) is 5.91 Å². The van der Waals surface area contributed by atoms with E-state index < -0.39 is 11.9 Å². The summed E-state index contributed by atoms with van der Waals surface area (Å²) in [5.74, 6) is -1.75. The summed E-state index contributed by atoms with van der Waals surface area (Å²) in [5.41, 5.74) is 1.29. The number of methoxy groups -OCH3 is 1. The smallest absolute Gasteiger partial charge is 0.338 e. The van der Waals surface area contributed by atoms with E-state index in [4.69, 9.17) is 4.74 Å². The lowest BCUT2D eigenvalue weighted by Crippen LogP contribution is -2.27. The lowest BCUT2D eigenvalue weighted by atomic mass is 9.93. The third-order valence-electron chi connectivity index (χ3n) is 3.81. The van der Waals surface area contributed by atoms with Crippen LogP contribution in [-0.2, 0) is 4.74 Å². The minimum Gasteiger partial charge on any atom is -0.478 e. The maximum Gasteiger partial charge on any atom is 0.338 e. The molecule has 1 amide bonds. The Morgan fingerprint density at radius 3 is 2.31 bits per heavy atom. The fourth-order valence-electron chi connectivity index (χ4n) is 2.50. The number of rotatable bonds is 6. The van der Waals surface area contributed by atoms with Crippen LogP contribution in [0.4, 0.5) is 0 Å². The molecule has 0 aromatic heterocycles. The zero-order valence-electron chi connectivity index (χ0n) is 14.9. The fourth-order valence-corrected chi connectivity index (χ4v) is 2.50. The molecule has 2 aromatic carbocycles. The van der Waals surface area contributed by atoms with Crippen LogP contribution in [0.25, 0.3) is 11.1 Å². The first-order chi connectivity index (χ1) is 12.3. The molecule has 6 heteroatoms. The van der Waals surface area contributed by atoms with Gasteiger partial charge in [0.05, 0.1) is 18.2 Å². The Hall–Kier alpha value is -3.15. The quantitative estimate of drug-likeness (QED) is 0.776. The Morgan fingerprint density at radius 2 is 1.69 bits per heavy atom. The summed E-state index contributed by atoms with van der Waals surface area (Å²) in [4.78, 5) is 36.0. The van der Waals surface area contributed by atoms with Crippen LogP contribution in [0.2, 0.25) is 0 Å². The molecule has 0 unspecified atom stereocenters. The van der Waals surface area contributed by atoms with Gasteiger partial charge in [-0.2, -0.15) is 0 Å². The van der Waals surface area contributed by atoms with Crippen molar-refractivity contribution in [2.45, 2.75) is 13.8 Å². The van der Waals surface area contributed by atoms with E-state index in [0.29, 0.717) is 29.2 Å². The van der Waals surface area contributed by atoms with E-state index in [2.05, 4.69) is 5.32 Å². The second-order valence-corrected chi connectivity index (χ2v) is 6.21. The maximum absolute atomic E-state index is 12.3. The Balaban J connectivity index is 2.53. The first-order valence-electron chi connectivity index (χ1n) is 8.18. The molecule has 2 N–H and O–H groups in total. The number of ether oxygens (including phenoxy) is 1. The second kappa shape index (κ2) is 8.29. The van der Waals surface area contributed by atoms with E-state index in [-0.39, 0.29) is 17.0 Å². The van der Waals surface area contributed by atoms with Crippen LogP contribution >= 0.6 is 0 Å². The zero-order chi connectivity index (χ0) is 19.3. The molecule has 0 spiro atoms. The SMILES string of the molecule is COC(=O)c1cc(C(=O)NCC(C)C)ccc1-c1ccccc1C(=O)O. The Bertz CT molecular complexity index is 842. The van der Waals surface area contributed by atoms with Gasteiger partial charge in [0.2, 0.25) is 0 Å². The summed E-state index contributed by atoms with van der Waals surface area (Å²) in [6.45, 7) is 4.47. The third kappa shape index (κ3) is 4.27. The number of hydrogen-bond acceptors (Lipinski definition) is 4. The standard InChI is InChI=1S/C20H21NO5/c1-12(2)11-21-18(22)13-8-9-15(17(10-13)20(25)26-3)14-6-4-5-7-16(14)19(23)24/h4-10,12H,11H2,1-3H3,(H,21,22)(H,23,24). The van der Waals surface area contributed by atoms with Gasteiger partial charge in [0, 0.05) is 12.1 Å². The molecule has 26 heavy (non-hydrogen) atoms. The Morgan fingerprint density at radius 1 is 1.04 bits per heavy atom. The van der Waals surface area contributed by atoms with Crippen molar-refractivity contribution in [1.29, 1.82) is 0 Å². The molecule has 0 atom stereocenters. The molecule has 0 saturated carbocycles. The molecule has 6 nitrogen and oxygen atoms in total. The molecule has 0 aliphatic carbocycles. The summed E-state index contributed by atoms with van der Waals surface area (Å²) in [6.07, 6.45) is 0. The molecule has 0 bridgehead atoms. The third-order valence-corrected chi connectivity index (χ3v) is 3.81. The fraction of sp³-hybridized carbons (Fsp3) is 0.250. The number of carboxylic acid groups (broad SMARTS) is 1. The average molecular weight is 355 g/mol. The monoisotopic (exact) mass is 355 g/mol. The van der Waals surface area contributed by atoms with Crippen LogP contribution in [0, 0.1) is 5.92 Å². The number of aromatic carboxylic acids is 1. The highest BCUT2D eigenvalue weighted by molar-refractivity contribution is 6.05. The number of carbonyl (C=O) groups is 3. The van der Waals surface area contributed by atoms with Gasteiger partial charge in [-0.25, -0.2) is 9.59 Å². The summed E-state index contributed by atoms with van der Waals surface area (Å²) in [7, 11) is 1.24. The predicted molar refractivity (Wildman–Crippen MR) is 97.3 cm³/mol. The lowest BCUT2D eigenvalue weighted by molar-refractivity contribution is 0.0600. The van der Waals surface area contributed by atoms with Crippen molar-refractivity contribution in [1.82, 2.24) is 5.32 Å². The summed E-state index contributed by atoms with van der Waals surface area (Å²) in [5, 5.41) is 12.2.